The van der Waals surface area contributed by atoms with Crippen molar-refractivity contribution in [2.75, 3.05) is 5.32 Å². The zero-order valence-corrected chi connectivity index (χ0v) is 15.8. The predicted molar refractivity (Wildman–Crippen MR) is 100 cm³/mol. The Bertz CT molecular complexity index is 892. The highest BCUT2D eigenvalue weighted by Crippen LogP contribution is 2.23. The number of hydrogen-bond donors (Lipinski definition) is 2. The van der Waals surface area contributed by atoms with Gasteiger partial charge in [0.05, 0.1) is 28.8 Å². The molecule has 26 heavy (non-hydrogen) atoms. The zero-order valence-electron chi connectivity index (χ0n) is 15.8. The minimum absolute atomic E-state index is 0.197. The Morgan fingerprint density at radius 1 is 1.31 bits per heavy atom. The van der Waals surface area contributed by atoms with E-state index < -0.39 is 0 Å². The molecule has 138 valence electrons. The molecular formula is C18H25N7O. The number of anilines is 1. The number of imidazole rings is 1. The summed E-state index contributed by atoms with van der Waals surface area (Å²) in [5.41, 5.74) is 3.28. The Hall–Kier alpha value is -2.90. The summed E-state index contributed by atoms with van der Waals surface area (Å²) in [5.74, 6) is 0.619. The van der Waals surface area contributed by atoms with Crippen LogP contribution in [0.2, 0.25) is 0 Å². The van der Waals surface area contributed by atoms with E-state index in [0.717, 1.165) is 29.2 Å². The van der Waals surface area contributed by atoms with Gasteiger partial charge in [-0.15, -0.1) is 0 Å². The van der Waals surface area contributed by atoms with E-state index in [4.69, 9.17) is 0 Å². The Morgan fingerprint density at radius 2 is 2.08 bits per heavy atom. The molecule has 0 bridgehead atoms. The summed E-state index contributed by atoms with van der Waals surface area (Å²) in [5, 5.41) is 10.4. The van der Waals surface area contributed by atoms with E-state index >= 15 is 0 Å². The first-order chi connectivity index (χ1) is 12.4. The molecule has 0 saturated heterocycles. The van der Waals surface area contributed by atoms with E-state index in [-0.39, 0.29) is 18.1 Å². The summed E-state index contributed by atoms with van der Waals surface area (Å²) in [6.07, 6.45) is 6.20. The molecule has 0 aliphatic heterocycles. The molecule has 8 heteroatoms. The van der Waals surface area contributed by atoms with Gasteiger partial charge in [-0.2, -0.15) is 5.10 Å². The lowest BCUT2D eigenvalue weighted by atomic mass is 10.2. The van der Waals surface area contributed by atoms with Crippen molar-refractivity contribution in [1.29, 1.82) is 0 Å². The van der Waals surface area contributed by atoms with E-state index in [1.54, 1.807) is 6.20 Å². The minimum Gasteiger partial charge on any atom is -0.329 e. The fourth-order valence-electron chi connectivity index (χ4n) is 3.06. The van der Waals surface area contributed by atoms with Crippen LogP contribution in [0.5, 0.6) is 0 Å². The molecule has 0 aliphatic rings. The van der Waals surface area contributed by atoms with E-state index in [9.17, 15) is 4.79 Å². The lowest BCUT2D eigenvalue weighted by Crippen LogP contribution is -2.32. The lowest BCUT2D eigenvalue weighted by molar-refractivity contribution is 0.248. The van der Waals surface area contributed by atoms with Gasteiger partial charge in [-0.3, -0.25) is 9.08 Å². The van der Waals surface area contributed by atoms with E-state index in [0.29, 0.717) is 5.78 Å². The van der Waals surface area contributed by atoms with Crippen LogP contribution in [0.25, 0.3) is 5.78 Å². The molecule has 0 spiro atoms. The second-order valence-electron chi connectivity index (χ2n) is 6.64. The molecule has 2 N–H and O–H groups in total. The van der Waals surface area contributed by atoms with Gasteiger partial charge >= 0.3 is 6.03 Å². The van der Waals surface area contributed by atoms with Crippen molar-refractivity contribution >= 4 is 17.5 Å². The van der Waals surface area contributed by atoms with Crippen LogP contribution in [-0.2, 0) is 0 Å². The highest BCUT2D eigenvalue weighted by atomic mass is 16.2. The number of rotatable bonds is 5. The van der Waals surface area contributed by atoms with Gasteiger partial charge in [-0.1, -0.05) is 6.92 Å². The van der Waals surface area contributed by atoms with Gasteiger partial charge in [0.1, 0.15) is 0 Å². The maximum atomic E-state index is 12.5. The smallest absolute Gasteiger partial charge is 0.319 e. The molecule has 0 saturated carbocycles. The number of carbonyl (C=O) groups excluding carboxylic acids is 1. The first kappa shape index (κ1) is 17.9. The average molecular weight is 355 g/mol. The number of aryl methyl sites for hydroxylation is 1. The van der Waals surface area contributed by atoms with Gasteiger partial charge in [0.15, 0.2) is 0 Å². The maximum Gasteiger partial charge on any atom is 0.319 e. The van der Waals surface area contributed by atoms with Crippen LogP contribution in [0.1, 0.15) is 56.4 Å². The molecule has 3 rings (SSSR count). The maximum absolute atomic E-state index is 12.5. The zero-order chi connectivity index (χ0) is 18.8. The summed E-state index contributed by atoms with van der Waals surface area (Å²) in [6.45, 7) is 9.99. The fourth-order valence-corrected chi connectivity index (χ4v) is 3.06. The predicted octanol–water partition coefficient (Wildman–Crippen LogP) is 3.40. The van der Waals surface area contributed by atoms with Crippen LogP contribution < -0.4 is 10.6 Å². The van der Waals surface area contributed by atoms with Crippen molar-refractivity contribution in [3.05, 3.63) is 41.7 Å². The Balaban J connectivity index is 1.76. The molecule has 3 aromatic heterocycles. The van der Waals surface area contributed by atoms with Crippen molar-refractivity contribution in [3.8, 4) is 0 Å². The lowest BCUT2D eigenvalue weighted by Gasteiger charge is -2.16. The van der Waals surface area contributed by atoms with E-state index in [1.165, 1.54) is 0 Å². The molecule has 0 aliphatic carbocycles. The molecule has 0 fully saturated rings. The Kier molecular flexibility index (Phi) is 4.92. The van der Waals surface area contributed by atoms with Crippen LogP contribution in [-0.4, -0.2) is 30.2 Å². The summed E-state index contributed by atoms with van der Waals surface area (Å²) in [7, 11) is 0. The molecule has 1 atom stereocenters. The van der Waals surface area contributed by atoms with Crippen LogP contribution in [0.15, 0.2) is 24.7 Å². The highest BCUT2D eigenvalue weighted by molar-refractivity contribution is 5.90. The SMILES string of the molecule is CC[C@@H](NC(=O)Nc1c(C)nn(C(C)C)c1C)c1cn2cccnc2n1. The normalized spacial score (nSPS) is 12.5. The third-order valence-electron chi connectivity index (χ3n) is 4.38. The van der Waals surface area contributed by atoms with Crippen LogP contribution in [0, 0.1) is 13.8 Å². The largest absolute Gasteiger partial charge is 0.329 e. The molecule has 0 aromatic carbocycles. The van der Waals surface area contributed by atoms with Gasteiger partial charge < -0.3 is 10.6 Å². The standard InChI is InChI=1S/C18H25N7O/c1-6-14(15-10-24-9-7-8-19-17(24)20-15)21-18(26)22-16-12(4)23-25(11(2)3)13(16)5/h7-11,14H,6H2,1-5H3,(H2,21,22,26)/t14-/m1/s1. The molecule has 8 nitrogen and oxygen atoms in total. The van der Waals surface area contributed by atoms with Gasteiger partial charge in [-0.05, 0) is 40.2 Å². The van der Waals surface area contributed by atoms with E-state index in [1.807, 2.05) is 48.3 Å². The number of aromatic nitrogens is 5. The van der Waals surface area contributed by atoms with Crippen molar-refractivity contribution in [1.82, 2.24) is 29.5 Å². The Labute approximate surface area is 152 Å². The Morgan fingerprint density at radius 3 is 2.69 bits per heavy atom. The first-order valence-corrected chi connectivity index (χ1v) is 8.83. The third-order valence-corrected chi connectivity index (χ3v) is 4.38. The molecule has 3 heterocycles. The topological polar surface area (TPSA) is 89.1 Å². The summed E-state index contributed by atoms with van der Waals surface area (Å²) < 4.78 is 3.76. The first-order valence-electron chi connectivity index (χ1n) is 8.83. The number of fused-ring (bicyclic) bond motifs is 1. The third kappa shape index (κ3) is 3.40. The quantitative estimate of drug-likeness (QED) is 0.734. The number of urea groups is 1. The minimum atomic E-state index is -0.267. The molecule has 3 aromatic rings. The van der Waals surface area contributed by atoms with E-state index in [2.05, 4.69) is 39.5 Å². The monoisotopic (exact) mass is 355 g/mol. The number of nitrogens with one attached hydrogen (secondary N) is 2. The van der Waals surface area contributed by atoms with Gasteiger partial charge in [0.25, 0.3) is 0 Å². The van der Waals surface area contributed by atoms with Gasteiger partial charge in [0, 0.05) is 24.6 Å². The summed E-state index contributed by atoms with van der Waals surface area (Å²) >= 11 is 0. The number of nitrogens with zero attached hydrogens (tertiary/aromatic N) is 5. The average Bonchev–Trinajstić information content (AvgIpc) is 3.15. The number of amides is 2. The second kappa shape index (κ2) is 7.15. The highest BCUT2D eigenvalue weighted by Gasteiger charge is 2.19. The van der Waals surface area contributed by atoms with Crippen LogP contribution >= 0.6 is 0 Å². The van der Waals surface area contributed by atoms with Crippen LogP contribution in [0.4, 0.5) is 10.5 Å². The second-order valence-corrected chi connectivity index (χ2v) is 6.64. The summed E-state index contributed by atoms with van der Waals surface area (Å²) in [6, 6.07) is 1.62. The van der Waals surface area contributed by atoms with Gasteiger partial charge in [0.2, 0.25) is 5.78 Å². The molecule has 2 amide bonds. The fraction of sp³-hybridized carbons (Fsp3) is 0.444. The van der Waals surface area contributed by atoms with Crippen molar-refractivity contribution in [3.63, 3.8) is 0 Å². The summed E-state index contributed by atoms with van der Waals surface area (Å²) in [4.78, 5) is 21.3. The molecule has 0 radical (unpaired) electrons. The number of hydrogen-bond acceptors (Lipinski definition) is 4. The van der Waals surface area contributed by atoms with Gasteiger partial charge in [-0.25, -0.2) is 14.8 Å². The number of carbonyl (C=O) groups is 1. The molecular weight excluding hydrogens is 330 g/mol. The van der Waals surface area contributed by atoms with Crippen molar-refractivity contribution < 1.29 is 4.79 Å². The van der Waals surface area contributed by atoms with Crippen molar-refractivity contribution in [2.24, 2.45) is 0 Å². The van der Waals surface area contributed by atoms with Crippen LogP contribution in [0.3, 0.4) is 0 Å². The van der Waals surface area contributed by atoms with Crippen molar-refractivity contribution in [2.45, 2.75) is 53.1 Å². The molecule has 0 unspecified atom stereocenters.